The number of aromatic nitrogens is 3. The summed E-state index contributed by atoms with van der Waals surface area (Å²) in [5.74, 6) is 0.673. The quantitative estimate of drug-likeness (QED) is 0.751. The van der Waals surface area contributed by atoms with Crippen molar-refractivity contribution in [2.75, 3.05) is 5.32 Å². The molecule has 2 aromatic carbocycles. The summed E-state index contributed by atoms with van der Waals surface area (Å²) in [7, 11) is 0. The molecule has 132 valence electrons. The first kappa shape index (κ1) is 16.6. The molecule has 1 aromatic heterocycles. The van der Waals surface area contributed by atoms with Crippen molar-refractivity contribution < 1.29 is 4.79 Å². The van der Waals surface area contributed by atoms with E-state index in [2.05, 4.69) is 10.4 Å². The molecule has 1 fully saturated rings. The van der Waals surface area contributed by atoms with Gasteiger partial charge in [0.1, 0.15) is 12.4 Å². The smallest absolute Gasteiger partial charge is 0.324 e. The van der Waals surface area contributed by atoms with Gasteiger partial charge in [-0.15, -0.1) is 0 Å². The summed E-state index contributed by atoms with van der Waals surface area (Å²) in [5, 5.41) is 7.70. The van der Waals surface area contributed by atoms with E-state index in [1.165, 1.54) is 4.68 Å². The van der Waals surface area contributed by atoms with Crippen molar-refractivity contribution in [1.29, 1.82) is 0 Å². The highest BCUT2D eigenvalue weighted by molar-refractivity contribution is 6.30. The molecular weight excluding hydrogens is 352 g/mol. The Hall–Kier alpha value is -2.86. The minimum absolute atomic E-state index is 0.148. The number of nitrogens with zero attached hydrogens (tertiary/aromatic N) is 3. The van der Waals surface area contributed by atoms with Gasteiger partial charge in [0.05, 0.1) is 5.69 Å². The van der Waals surface area contributed by atoms with Crippen molar-refractivity contribution in [1.82, 2.24) is 14.3 Å². The Morgan fingerprint density at radius 1 is 1.15 bits per heavy atom. The van der Waals surface area contributed by atoms with Gasteiger partial charge in [-0.05, 0) is 43.2 Å². The average molecular weight is 369 g/mol. The third-order valence-corrected chi connectivity index (χ3v) is 4.46. The van der Waals surface area contributed by atoms with Gasteiger partial charge in [-0.1, -0.05) is 35.9 Å². The second kappa shape index (κ2) is 6.80. The molecule has 0 saturated heterocycles. The third-order valence-electron chi connectivity index (χ3n) is 4.22. The van der Waals surface area contributed by atoms with Gasteiger partial charge in [0.15, 0.2) is 0 Å². The molecule has 0 aliphatic heterocycles. The molecule has 0 unspecified atom stereocenters. The molecule has 0 bridgehead atoms. The van der Waals surface area contributed by atoms with Crippen LogP contribution in [0.15, 0.2) is 59.4 Å². The highest BCUT2D eigenvalue weighted by atomic mass is 35.5. The zero-order valence-corrected chi connectivity index (χ0v) is 14.7. The number of carbonyl (C=O) groups is 1. The van der Waals surface area contributed by atoms with E-state index in [4.69, 9.17) is 11.6 Å². The largest absolute Gasteiger partial charge is 0.351 e. The molecule has 3 aromatic rings. The Labute approximate surface area is 155 Å². The van der Waals surface area contributed by atoms with E-state index in [-0.39, 0.29) is 24.1 Å². The molecule has 26 heavy (non-hydrogen) atoms. The molecule has 1 amide bonds. The fourth-order valence-electron chi connectivity index (χ4n) is 2.86. The number of hydrogen-bond acceptors (Lipinski definition) is 3. The molecule has 1 aliphatic rings. The Balaban J connectivity index is 1.61. The second-order valence-electron chi connectivity index (χ2n) is 6.30. The lowest BCUT2D eigenvalue weighted by Crippen LogP contribution is -2.29. The van der Waals surface area contributed by atoms with Crippen LogP contribution in [0.4, 0.5) is 5.69 Å². The van der Waals surface area contributed by atoms with Crippen LogP contribution in [0.25, 0.3) is 5.69 Å². The fourth-order valence-corrected chi connectivity index (χ4v) is 3.05. The van der Waals surface area contributed by atoms with Crippen LogP contribution in [0.5, 0.6) is 0 Å². The molecule has 1 aliphatic carbocycles. The SMILES string of the molecule is O=C(Cn1nc(C2CC2)n(-c2ccccc2)c1=O)Nc1cccc(Cl)c1. The van der Waals surface area contributed by atoms with E-state index in [9.17, 15) is 9.59 Å². The predicted octanol–water partition coefficient (Wildman–Crippen LogP) is 3.20. The van der Waals surface area contributed by atoms with Gasteiger partial charge in [-0.25, -0.2) is 14.0 Å². The van der Waals surface area contributed by atoms with Crippen molar-refractivity contribution in [2.24, 2.45) is 0 Å². The maximum Gasteiger partial charge on any atom is 0.351 e. The zero-order valence-electron chi connectivity index (χ0n) is 13.9. The predicted molar refractivity (Wildman–Crippen MR) is 99.9 cm³/mol. The van der Waals surface area contributed by atoms with E-state index >= 15 is 0 Å². The number of rotatable bonds is 5. The molecule has 1 N–H and O–H groups in total. The van der Waals surface area contributed by atoms with E-state index in [1.54, 1.807) is 28.8 Å². The molecule has 7 heteroatoms. The van der Waals surface area contributed by atoms with Gasteiger partial charge in [0.2, 0.25) is 5.91 Å². The first-order valence-corrected chi connectivity index (χ1v) is 8.80. The Kier molecular flexibility index (Phi) is 4.34. The van der Waals surface area contributed by atoms with Gasteiger partial charge in [0, 0.05) is 16.6 Å². The number of benzene rings is 2. The number of carbonyl (C=O) groups excluding carboxylic acids is 1. The number of anilines is 1. The van der Waals surface area contributed by atoms with Crippen molar-refractivity contribution in [3.8, 4) is 5.69 Å². The lowest BCUT2D eigenvalue weighted by molar-refractivity contribution is -0.117. The highest BCUT2D eigenvalue weighted by Gasteiger charge is 2.31. The number of para-hydroxylation sites is 1. The maximum absolute atomic E-state index is 12.8. The summed E-state index contributed by atoms with van der Waals surface area (Å²) in [6.07, 6.45) is 2.02. The zero-order chi connectivity index (χ0) is 18.1. The van der Waals surface area contributed by atoms with Crippen LogP contribution in [0.1, 0.15) is 24.6 Å². The number of amides is 1. The molecule has 1 saturated carbocycles. The standard InChI is InChI=1S/C19H17ClN4O2/c20-14-5-4-6-15(11-14)21-17(25)12-23-19(26)24(16-7-2-1-3-8-16)18(22-23)13-9-10-13/h1-8,11,13H,9-10,12H2,(H,21,25). The van der Waals surface area contributed by atoms with E-state index < -0.39 is 0 Å². The van der Waals surface area contributed by atoms with Crippen LogP contribution in [0.3, 0.4) is 0 Å². The van der Waals surface area contributed by atoms with Crippen molar-refractivity contribution in [3.05, 3.63) is 75.9 Å². The minimum atomic E-state index is -0.325. The lowest BCUT2D eigenvalue weighted by Gasteiger charge is -2.05. The van der Waals surface area contributed by atoms with Crippen LogP contribution in [0, 0.1) is 0 Å². The number of hydrogen-bond donors (Lipinski definition) is 1. The maximum atomic E-state index is 12.8. The molecule has 1 heterocycles. The van der Waals surface area contributed by atoms with Crippen LogP contribution >= 0.6 is 11.6 Å². The fraction of sp³-hybridized carbons (Fsp3) is 0.211. The van der Waals surface area contributed by atoms with Crippen molar-refractivity contribution in [2.45, 2.75) is 25.3 Å². The van der Waals surface area contributed by atoms with Crippen LogP contribution in [-0.4, -0.2) is 20.3 Å². The van der Waals surface area contributed by atoms with E-state index in [1.807, 2.05) is 30.3 Å². The second-order valence-corrected chi connectivity index (χ2v) is 6.74. The minimum Gasteiger partial charge on any atom is -0.324 e. The average Bonchev–Trinajstić information content (AvgIpc) is 3.41. The van der Waals surface area contributed by atoms with Gasteiger partial charge >= 0.3 is 5.69 Å². The first-order chi connectivity index (χ1) is 12.6. The molecule has 0 radical (unpaired) electrons. The number of nitrogens with one attached hydrogen (secondary N) is 1. The molecular formula is C19H17ClN4O2. The van der Waals surface area contributed by atoms with Crippen LogP contribution < -0.4 is 11.0 Å². The van der Waals surface area contributed by atoms with Gasteiger partial charge in [-0.2, -0.15) is 5.10 Å². The first-order valence-electron chi connectivity index (χ1n) is 8.42. The molecule has 0 atom stereocenters. The topological polar surface area (TPSA) is 68.9 Å². The summed E-state index contributed by atoms with van der Waals surface area (Å²) < 4.78 is 2.82. The lowest BCUT2D eigenvalue weighted by atomic mass is 10.3. The molecule has 0 spiro atoms. The van der Waals surface area contributed by atoms with E-state index in [0.717, 1.165) is 24.4 Å². The van der Waals surface area contributed by atoms with Gasteiger partial charge in [0.25, 0.3) is 0 Å². The normalized spacial score (nSPS) is 13.6. The number of halogens is 1. The van der Waals surface area contributed by atoms with E-state index in [0.29, 0.717) is 10.7 Å². The Morgan fingerprint density at radius 3 is 2.62 bits per heavy atom. The summed E-state index contributed by atoms with van der Waals surface area (Å²) >= 11 is 5.93. The summed E-state index contributed by atoms with van der Waals surface area (Å²) in [4.78, 5) is 25.2. The van der Waals surface area contributed by atoms with Crippen molar-refractivity contribution in [3.63, 3.8) is 0 Å². The third kappa shape index (κ3) is 3.41. The molecule has 6 nitrogen and oxygen atoms in total. The Morgan fingerprint density at radius 2 is 1.92 bits per heavy atom. The summed E-state index contributed by atoms with van der Waals surface area (Å²) in [5.41, 5.74) is 1.04. The monoisotopic (exact) mass is 368 g/mol. The van der Waals surface area contributed by atoms with Crippen LogP contribution in [0.2, 0.25) is 5.02 Å². The van der Waals surface area contributed by atoms with Crippen LogP contribution in [-0.2, 0) is 11.3 Å². The summed E-state index contributed by atoms with van der Waals surface area (Å²) in [6, 6.07) is 16.3. The van der Waals surface area contributed by atoms with Gasteiger partial charge in [-0.3, -0.25) is 4.79 Å². The Bertz CT molecular complexity index is 1010. The highest BCUT2D eigenvalue weighted by Crippen LogP contribution is 2.39. The summed E-state index contributed by atoms with van der Waals surface area (Å²) in [6.45, 7) is -0.148. The molecule has 4 rings (SSSR count). The van der Waals surface area contributed by atoms with Crippen molar-refractivity contribution >= 4 is 23.2 Å². The van der Waals surface area contributed by atoms with Gasteiger partial charge < -0.3 is 5.32 Å².